The maximum absolute atomic E-state index is 11.0. The Morgan fingerprint density at radius 1 is 1.10 bits per heavy atom. The Balaban J connectivity index is 1.90. The van der Waals surface area contributed by atoms with Gasteiger partial charge in [-0.25, -0.2) is 0 Å². The van der Waals surface area contributed by atoms with Crippen LogP contribution >= 0.6 is 0 Å². The van der Waals surface area contributed by atoms with Crippen molar-refractivity contribution in [3.63, 3.8) is 0 Å². The van der Waals surface area contributed by atoms with Crippen molar-refractivity contribution in [3.8, 4) is 0 Å². The van der Waals surface area contributed by atoms with E-state index in [1.54, 1.807) is 0 Å². The van der Waals surface area contributed by atoms with Gasteiger partial charge in [-0.3, -0.25) is 4.79 Å². The summed E-state index contributed by atoms with van der Waals surface area (Å²) >= 11 is 0. The van der Waals surface area contributed by atoms with E-state index in [0.29, 0.717) is 24.0 Å². The van der Waals surface area contributed by atoms with E-state index in [1.807, 2.05) is 0 Å². The van der Waals surface area contributed by atoms with Crippen LogP contribution in [0, 0.1) is 17.8 Å². The standard InChI is InChI=1S/C7H6O3/c8-7-3-1-2(3)5(10-7)6-4(1)9-6/h1-6H. The SMILES string of the molecule is O=C1OC2C3OC3C3C1C23. The van der Waals surface area contributed by atoms with Crippen LogP contribution in [0.5, 0.6) is 0 Å². The number of ether oxygens (including phenoxy) is 2. The van der Waals surface area contributed by atoms with E-state index in [9.17, 15) is 4.79 Å². The van der Waals surface area contributed by atoms with E-state index in [4.69, 9.17) is 9.47 Å². The van der Waals surface area contributed by atoms with E-state index in [0.717, 1.165) is 0 Å². The van der Waals surface area contributed by atoms with Gasteiger partial charge in [0.1, 0.15) is 12.2 Å². The first-order valence-corrected chi connectivity index (χ1v) is 3.74. The maximum Gasteiger partial charge on any atom is 0.310 e. The van der Waals surface area contributed by atoms with Gasteiger partial charge in [0.25, 0.3) is 0 Å². The van der Waals surface area contributed by atoms with Crippen LogP contribution in [0.4, 0.5) is 0 Å². The van der Waals surface area contributed by atoms with Gasteiger partial charge in [-0.2, -0.15) is 0 Å². The van der Waals surface area contributed by atoms with Crippen LogP contribution in [0.3, 0.4) is 0 Å². The lowest BCUT2D eigenvalue weighted by molar-refractivity contribution is -0.146. The molecule has 0 aromatic heterocycles. The lowest BCUT2D eigenvalue weighted by Gasteiger charge is -2.05. The quantitative estimate of drug-likeness (QED) is 0.336. The number of carbonyl (C=O) groups is 1. The zero-order valence-electron chi connectivity index (χ0n) is 5.19. The molecule has 0 aromatic rings. The molecule has 52 valence electrons. The lowest BCUT2D eigenvalue weighted by Crippen LogP contribution is -2.16. The summed E-state index contributed by atoms with van der Waals surface area (Å²) in [4.78, 5) is 11.0. The summed E-state index contributed by atoms with van der Waals surface area (Å²) in [5.74, 6) is 1.41. The third-order valence-electron chi connectivity index (χ3n) is 3.30. The first-order chi connectivity index (χ1) is 4.88. The van der Waals surface area contributed by atoms with E-state index < -0.39 is 0 Å². The molecule has 2 aliphatic heterocycles. The van der Waals surface area contributed by atoms with Crippen molar-refractivity contribution in [1.82, 2.24) is 0 Å². The third-order valence-corrected chi connectivity index (χ3v) is 3.30. The smallest absolute Gasteiger partial charge is 0.310 e. The number of epoxide rings is 1. The maximum atomic E-state index is 11.0. The molecule has 0 aromatic carbocycles. The van der Waals surface area contributed by atoms with E-state index in [1.165, 1.54) is 0 Å². The Kier molecular flexibility index (Phi) is 0.401. The highest BCUT2D eigenvalue weighted by atomic mass is 16.6. The summed E-state index contributed by atoms with van der Waals surface area (Å²) in [6, 6.07) is 0. The van der Waals surface area contributed by atoms with Gasteiger partial charge in [-0.1, -0.05) is 0 Å². The van der Waals surface area contributed by atoms with Gasteiger partial charge in [0.2, 0.25) is 0 Å². The second kappa shape index (κ2) is 0.925. The third kappa shape index (κ3) is 0.245. The van der Waals surface area contributed by atoms with Crippen LogP contribution in [0.1, 0.15) is 0 Å². The van der Waals surface area contributed by atoms with Crippen molar-refractivity contribution in [2.75, 3.05) is 0 Å². The highest BCUT2D eigenvalue weighted by molar-refractivity contribution is 5.81. The fourth-order valence-electron chi connectivity index (χ4n) is 2.81. The monoisotopic (exact) mass is 138 g/mol. The van der Waals surface area contributed by atoms with Crippen molar-refractivity contribution < 1.29 is 14.3 Å². The predicted octanol–water partition coefficient (Wildman–Crippen LogP) is -0.445. The van der Waals surface area contributed by atoms with Crippen molar-refractivity contribution >= 4 is 5.97 Å². The zero-order valence-corrected chi connectivity index (χ0v) is 5.19. The highest BCUT2D eigenvalue weighted by Crippen LogP contribution is 2.69. The number of hydrogen-bond donors (Lipinski definition) is 0. The van der Waals surface area contributed by atoms with E-state index >= 15 is 0 Å². The molecule has 3 heteroatoms. The summed E-state index contributed by atoms with van der Waals surface area (Å²) in [5, 5.41) is 0. The summed E-state index contributed by atoms with van der Waals surface area (Å²) in [5.41, 5.74) is 0. The average molecular weight is 138 g/mol. The Labute approximate surface area is 57.3 Å². The molecule has 2 saturated heterocycles. The Morgan fingerprint density at radius 3 is 2.60 bits per heavy atom. The minimum Gasteiger partial charge on any atom is -0.459 e. The lowest BCUT2D eigenvalue weighted by atomic mass is 10.2. The molecule has 10 heavy (non-hydrogen) atoms. The fourth-order valence-corrected chi connectivity index (χ4v) is 2.81. The number of carbonyl (C=O) groups excluding carboxylic acids is 1. The normalized spacial score (nSPS) is 72.6. The number of esters is 1. The van der Waals surface area contributed by atoms with Crippen molar-refractivity contribution in [1.29, 1.82) is 0 Å². The van der Waals surface area contributed by atoms with Gasteiger partial charge >= 0.3 is 5.97 Å². The summed E-state index contributed by atoms with van der Waals surface area (Å²) in [6.07, 6.45) is 0.872. The minimum absolute atomic E-state index is 0.0378. The molecule has 2 saturated carbocycles. The van der Waals surface area contributed by atoms with Gasteiger partial charge in [0.15, 0.2) is 0 Å². The van der Waals surface area contributed by atoms with Crippen molar-refractivity contribution in [3.05, 3.63) is 0 Å². The molecule has 3 nitrogen and oxygen atoms in total. The highest BCUT2D eigenvalue weighted by Gasteiger charge is 2.82. The largest absolute Gasteiger partial charge is 0.459 e. The van der Waals surface area contributed by atoms with Gasteiger partial charge in [0.05, 0.1) is 12.0 Å². The van der Waals surface area contributed by atoms with Crippen molar-refractivity contribution in [2.45, 2.75) is 18.3 Å². The summed E-state index contributed by atoms with van der Waals surface area (Å²) in [7, 11) is 0. The molecule has 4 fully saturated rings. The minimum atomic E-state index is 0.0378. The molecular formula is C7H6O3. The average Bonchev–Trinajstić information content (AvgIpc) is 2.75. The molecule has 2 heterocycles. The molecule has 6 atom stereocenters. The van der Waals surface area contributed by atoms with E-state index in [2.05, 4.69) is 0 Å². The second-order valence-electron chi connectivity index (χ2n) is 3.65. The molecule has 4 rings (SSSR count). The molecule has 0 bridgehead atoms. The van der Waals surface area contributed by atoms with Gasteiger partial charge in [-0.05, 0) is 0 Å². The molecule has 2 aliphatic carbocycles. The van der Waals surface area contributed by atoms with Crippen LogP contribution in [0.25, 0.3) is 0 Å². The topological polar surface area (TPSA) is 38.8 Å². The first kappa shape index (κ1) is 4.34. The Bertz CT molecular complexity index is 243. The Hall–Kier alpha value is -0.570. The van der Waals surface area contributed by atoms with Crippen LogP contribution < -0.4 is 0 Å². The second-order valence-corrected chi connectivity index (χ2v) is 3.65. The fraction of sp³-hybridized carbons (Fsp3) is 0.857. The van der Waals surface area contributed by atoms with Crippen LogP contribution in [-0.2, 0) is 14.3 Å². The number of rotatable bonds is 0. The Morgan fingerprint density at radius 2 is 1.90 bits per heavy atom. The van der Waals surface area contributed by atoms with Crippen molar-refractivity contribution in [2.24, 2.45) is 17.8 Å². The molecule has 4 aliphatic rings. The molecular weight excluding hydrogens is 132 g/mol. The van der Waals surface area contributed by atoms with Gasteiger partial charge in [0, 0.05) is 11.8 Å². The summed E-state index contributed by atoms with van der Waals surface area (Å²) in [6.45, 7) is 0. The van der Waals surface area contributed by atoms with Gasteiger partial charge < -0.3 is 9.47 Å². The van der Waals surface area contributed by atoms with Gasteiger partial charge in [-0.15, -0.1) is 0 Å². The molecule has 0 radical (unpaired) electrons. The van der Waals surface area contributed by atoms with Crippen LogP contribution in [0.15, 0.2) is 0 Å². The molecule has 0 N–H and O–H groups in total. The predicted molar refractivity (Wildman–Crippen MR) is 29.0 cm³/mol. The summed E-state index contributed by atoms with van der Waals surface area (Å²) < 4.78 is 10.4. The van der Waals surface area contributed by atoms with Crippen LogP contribution in [-0.4, -0.2) is 24.3 Å². The molecule has 0 spiro atoms. The van der Waals surface area contributed by atoms with E-state index in [-0.39, 0.29) is 18.0 Å². The van der Waals surface area contributed by atoms with Crippen LogP contribution in [0.2, 0.25) is 0 Å². The number of fused-ring (bicyclic) bond motifs is 4. The zero-order chi connectivity index (χ0) is 6.46. The number of hydrogen-bond acceptors (Lipinski definition) is 3. The first-order valence-electron chi connectivity index (χ1n) is 3.74. The molecule has 0 amide bonds. The molecule has 6 unspecified atom stereocenters.